The Kier molecular flexibility index (Phi) is 0.721. The van der Waals surface area contributed by atoms with Gasteiger partial charge < -0.3 is 4.42 Å². The molecule has 1 heterocycles. The van der Waals surface area contributed by atoms with Gasteiger partial charge in [-0.25, -0.2) is 0 Å². The number of rotatable bonds is 0. The minimum absolute atomic E-state index is 0.0736. The third-order valence-corrected chi connectivity index (χ3v) is 1.57. The molecular formula is C9H12O2. The van der Waals surface area contributed by atoms with E-state index in [9.17, 15) is 4.79 Å². The predicted molar refractivity (Wildman–Crippen MR) is 43.9 cm³/mol. The number of aryl methyl sites for hydroxylation is 2. The van der Waals surface area contributed by atoms with E-state index in [1.165, 1.54) is 13.8 Å². The zero-order valence-electron chi connectivity index (χ0n) is 12.3. The van der Waals surface area contributed by atoms with Crippen LogP contribution in [0, 0.1) is 27.6 Å². The molecule has 0 aliphatic rings. The Morgan fingerprint density at radius 2 is 1.64 bits per heavy atom. The standard InChI is InChI=1S/C9H12O2/c1-5-7(3)11-8(4)6(2)9(5)10/h1-4H3/i3D3,4D3. The van der Waals surface area contributed by atoms with Crippen LogP contribution in [-0.2, 0) is 0 Å². The van der Waals surface area contributed by atoms with E-state index in [4.69, 9.17) is 12.6 Å². The highest BCUT2D eigenvalue weighted by Gasteiger charge is 2.05. The molecule has 2 heteroatoms. The molecule has 0 N–H and O–H groups in total. The molecule has 0 aliphatic heterocycles. The van der Waals surface area contributed by atoms with Crippen molar-refractivity contribution in [3.8, 4) is 0 Å². The van der Waals surface area contributed by atoms with Crippen molar-refractivity contribution < 1.29 is 12.6 Å². The molecule has 1 aromatic heterocycles. The highest BCUT2D eigenvalue weighted by molar-refractivity contribution is 5.24. The molecular weight excluding hydrogens is 140 g/mol. The summed E-state index contributed by atoms with van der Waals surface area (Å²) in [6.45, 7) is -2.67. The molecule has 0 saturated heterocycles. The summed E-state index contributed by atoms with van der Waals surface area (Å²) in [6, 6.07) is 0. The zero-order valence-corrected chi connectivity index (χ0v) is 6.32. The van der Waals surface area contributed by atoms with Gasteiger partial charge in [0.2, 0.25) is 0 Å². The molecule has 0 atom stereocenters. The van der Waals surface area contributed by atoms with Crippen LogP contribution in [0.5, 0.6) is 0 Å². The van der Waals surface area contributed by atoms with Crippen LogP contribution in [0.25, 0.3) is 0 Å². The van der Waals surface area contributed by atoms with Gasteiger partial charge in [-0.15, -0.1) is 0 Å². The molecule has 1 rings (SSSR count). The van der Waals surface area contributed by atoms with Gasteiger partial charge in [0, 0.05) is 19.4 Å². The van der Waals surface area contributed by atoms with Crippen LogP contribution in [0.1, 0.15) is 30.9 Å². The molecule has 0 saturated carbocycles. The first-order chi connectivity index (χ1) is 7.46. The molecule has 2 nitrogen and oxygen atoms in total. The Hall–Kier alpha value is -1.05. The Balaban J connectivity index is 3.69. The third kappa shape index (κ3) is 1.20. The first-order valence-electron chi connectivity index (χ1n) is 6.11. The summed E-state index contributed by atoms with van der Waals surface area (Å²) in [5, 5.41) is 0. The SMILES string of the molecule is [2H]C([2H])([2H])c1oc(C([2H])([2H])[2H])c(C)c(=O)c1C. The van der Waals surface area contributed by atoms with Crippen LogP contribution in [0.15, 0.2) is 9.21 Å². The van der Waals surface area contributed by atoms with Crippen molar-refractivity contribution in [2.24, 2.45) is 0 Å². The fourth-order valence-electron chi connectivity index (χ4n) is 0.743. The normalized spacial score (nSPS) is 20.5. The minimum atomic E-state index is -2.64. The van der Waals surface area contributed by atoms with Gasteiger partial charge in [-0.2, -0.15) is 0 Å². The molecule has 0 aromatic carbocycles. The molecule has 0 unspecified atom stereocenters. The maximum Gasteiger partial charge on any atom is 0.191 e. The predicted octanol–water partition coefficient (Wildman–Crippen LogP) is 1.87. The van der Waals surface area contributed by atoms with Crippen LogP contribution in [0.2, 0.25) is 0 Å². The topological polar surface area (TPSA) is 30.2 Å². The summed E-state index contributed by atoms with van der Waals surface area (Å²) in [4.78, 5) is 11.7. The molecule has 0 radical (unpaired) electrons. The minimum Gasteiger partial charge on any atom is -0.466 e. The fourth-order valence-corrected chi connectivity index (χ4v) is 0.743. The third-order valence-electron chi connectivity index (χ3n) is 1.57. The quantitative estimate of drug-likeness (QED) is 0.577. The van der Waals surface area contributed by atoms with Crippen LogP contribution >= 0.6 is 0 Å². The average molecular weight is 158 g/mol. The van der Waals surface area contributed by atoms with E-state index in [0.717, 1.165) is 0 Å². The van der Waals surface area contributed by atoms with Gasteiger partial charge in [0.1, 0.15) is 11.5 Å². The summed E-state index contributed by atoms with van der Waals surface area (Å²) >= 11 is 0. The highest BCUT2D eigenvalue weighted by atomic mass is 16.3. The lowest BCUT2D eigenvalue weighted by Gasteiger charge is -2.02. The monoisotopic (exact) mass is 158 g/mol. The van der Waals surface area contributed by atoms with E-state index in [0.29, 0.717) is 0 Å². The van der Waals surface area contributed by atoms with Crippen LogP contribution in [-0.4, -0.2) is 0 Å². The van der Waals surface area contributed by atoms with Crippen molar-refractivity contribution in [2.75, 3.05) is 0 Å². The van der Waals surface area contributed by atoms with Crippen molar-refractivity contribution >= 4 is 0 Å². The fraction of sp³-hybridized carbons (Fsp3) is 0.444. The average Bonchev–Trinajstić information content (AvgIpc) is 2.10. The molecule has 0 spiro atoms. The summed E-state index contributed by atoms with van der Waals surface area (Å²) < 4.78 is 48.1. The van der Waals surface area contributed by atoms with Gasteiger partial charge in [0.15, 0.2) is 5.43 Å². The summed E-state index contributed by atoms with van der Waals surface area (Å²) in [5.74, 6) is -1.11. The maximum absolute atomic E-state index is 11.7. The molecule has 0 aliphatic carbocycles. The lowest BCUT2D eigenvalue weighted by atomic mass is 10.1. The van der Waals surface area contributed by atoms with Crippen molar-refractivity contribution in [1.29, 1.82) is 0 Å². The Morgan fingerprint density at radius 3 is 2.00 bits per heavy atom. The van der Waals surface area contributed by atoms with Gasteiger partial charge in [-0.05, 0) is 27.6 Å². The van der Waals surface area contributed by atoms with E-state index in [1.807, 2.05) is 0 Å². The Bertz CT molecular complexity index is 453. The van der Waals surface area contributed by atoms with Gasteiger partial charge in [0.25, 0.3) is 0 Å². The van der Waals surface area contributed by atoms with Crippen molar-refractivity contribution in [3.05, 3.63) is 32.9 Å². The first-order valence-corrected chi connectivity index (χ1v) is 3.11. The maximum atomic E-state index is 11.7. The largest absolute Gasteiger partial charge is 0.466 e. The lowest BCUT2D eigenvalue weighted by molar-refractivity contribution is 0.474. The summed E-state index contributed by atoms with van der Waals surface area (Å²) in [7, 11) is 0. The molecule has 11 heavy (non-hydrogen) atoms. The molecule has 0 bridgehead atoms. The number of hydrogen-bond donors (Lipinski definition) is 0. The van der Waals surface area contributed by atoms with Gasteiger partial charge in [-0.3, -0.25) is 4.79 Å². The summed E-state index contributed by atoms with van der Waals surface area (Å²) in [5.41, 5.74) is -0.750. The molecule has 1 aromatic rings. The van der Waals surface area contributed by atoms with E-state index < -0.39 is 30.7 Å². The lowest BCUT2D eigenvalue weighted by Crippen LogP contribution is -2.11. The second-order valence-corrected chi connectivity index (χ2v) is 2.34. The smallest absolute Gasteiger partial charge is 0.191 e. The molecule has 0 amide bonds. The van der Waals surface area contributed by atoms with Crippen molar-refractivity contribution in [3.63, 3.8) is 0 Å². The first kappa shape index (κ1) is 3.13. The van der Waals surface area contributed by atoms with Crippen LogP contribution < -0.4 is 5.43 Å². The van der Waals surface area contributed by atoms with Crippen LogP contribution in [0.4, 0.5) is 0 Å². The number of hydrogen-bond acceptors (Lipinski definition) is 2. The van der Waals surface area contributed by atoms with Gasteiger partial charge in [0.05, 0.1) is 0 Å². The molecule has 0 fully saturated rings. The van der Waals surface area contributed by atoms with Crippen LogP contribution in [0.3, 0.4) is 0 Å². The van der Waals surface area contributed by atoms with Gasteiger partial charge in [-0.1, -0.05) is 0 Å². The Labute approximate surface area is 74.3 Å². The highest BCUT2D eigenvalue weighted by Crippen LogP contribution is 2.07. The van der Waals surface area contributed by atoms with E-state index in [2.05, 4.69) is 0 Å². The molecule has 60 valence electrons. The van der Waals surface area contributed by atoms with E-state index >= 15 is 0 Å². The zero-order chi connectivity index (χ0) is 13.6. The summed E-state index contributed by atoms with van der Waals surface area (Å²) in [6.07, 6.45) is 0. The van der Waals surface area contributed by atoms with Gasteiger partial charge >= 0.3 is 0 Å². The van der Waals surface area contributed by atoms with E-state index in [1.54, 1.807) is 0 Å². The van der Waals surface area contributed by atoms with Crippen molar-refractivity contribution in [2.45, 2.75) is 27.6 Å². The Morgan fingerprint density at radius 1 is 1.18 bits per heavy atom. The van der Waals surface area contributed by atoms with Crippen molar-refractivity contribution in [1.82, 2.24) is 0 Å². The second-order valence-electron chi connectivity index (χ2n) is 2.34. The second kappa shape index (κ2) is 2.53. The van der Waals surface area contributed by atoms with E-state index in [-0.39, 0.29) is 11.1 Å².